The van der Waals surface area contributed by atoms with Crippen LogP contribution in [0.15, 0.2) is 110 Å². The van der Waals surface area contributed by atoms with Gasteiger partial charge in [-0.2, -0.15) is 8.78 Å². The van der Waals surface area contributed by atoms with Crippen LogP contribution in [-0.2, 0) is 25.0 Å². The van der Waals surface area contributed by atoms with Crippen molar-refractivity contribution in [2.75, 3.05) is 20.0 Å². The third-order valence-electron chi connectivity index (χ3n) is 8.97. The predicted molar refractivity (Wildman–Crippen MR) is 209 cm³/mol. The Morgan fingerprint density at radius 2 is 1.21 bits per heavy atom. The van der Waals surface area contributed by atoms with E-state index in [0.29, 0.717) is 48.0 Å². The van der Waals surface area contributed by atoms with Crippen LogP contribution in [0, 0.1) is 0 Å². The Hall–Kier alpha value is -6.17. The molecule has 4 aromatic carbocycles. The van der Waals surface area contributed by atoms with Crippen LogP contribution in [0.1, 0.15) is 79.8 Å². The monoisotopic (exact) mass is 784 g/mol. The van der Waals surface area contributed by atoms with Crippen molar-refractivity contribution >= 4 is 17.9 Å². The molecular formula is C45H46F2O10. The van der Waals surface area contributed by atoms with Gasteiger partial charge in [0.2, 0.25) is 13.1 Å². The van der Waals surface area contributed by atoms with Crippen LogP contribution >= 0.6 is 0 Å². The van der Waals surface area contributed by atoms with Crippen LogP contribution in [0.5, 0.6) is 28.7 Å². The standard InChI is InChI=1S/C45H46F2O10/c1-4-7-10-13-43(57-42(49)6-3)55-34-20-18-33(19-21-34)53-30-54-35-22-24-37-38-25-23-36(29-40(38)45(46,47)39(37)28-35)56-44(50)31-14-16-32(17-15-31)51-26-11-8-9-12-27-52-41(48)5-2/h5-6,14-25,28-29,43H,2-4,7-13,26-27,30H2,1H3. The van der Waals surface area contributed by atoms with Crippen LogP contribution < -0.4 is 23.7 Å². The van der Waals surface area contributed by atoms with E-state index in [9.17, 15) is 14.4 Å². The molecule has 0 heterocycles. The number of fused-ring (bicyclic) bond motifs is 3. The van der Waals surface area contributed by atoms with Crippen LogP contribution in [-0.4, -0.2) is 44.2 Å². The molecule has 1 unspecified atom stereocenters. The summed E-state index contributed by atoms with van der Waals surface area (Å²) in [7, 11) is 0. The van der Waals surface area contributed by atoms with Gasteiger partial charge in [-0.3, -0.25) is 0 Å². The summed E-state index contributed by atoms with van der Waals surface area (Å²) in [6, 6.07) is 21.6. The topological polar surface area (TPSA) is 116 Å². The Morgan fingerprint density at radius 3 is 1.88 bits per heavy atom. The highest BCUT2D eigenvalue weighted by Crippen LogP contribution is 2.52. The molecule has 10 nitrogen and oxygen atoms in total. The summed E-state index contributed by atoms with van der Waals surface area (Å²) in [4.78, 5) is 35.7. The molecule has 0 bridgehead atoms. The lowest BCUT2D eigenvalue weighted by atomic mass is 10.1. The zero-order valence-corrected chi connectivity index (χ0v) is 31.8. The second-order valence-corrected chi connectivity index (χ2v) is 13.1. The summed E-state index contributed by atoms with van der Waals surface area (Å²) < 4.78 is 70.3. The fourth-order valence-electron chi connectivity index (χ4n) is 5.98. The lowest BCUT2D eigenvalue weighted by Gasteiger charge is -2.19. The van der Waals surface area contributed by atoms with Gasteiger partial charge in [0.25, 0.3) is 5.92 Å². The van der Waals surface area contributed by atoms with Crippen LogP contribution in [0.4, 0.5) is 8.78 Å². The first-order valence-corrected chi connectivity index (χ1v) is 18.9. The van der Waals surface area contributed by atoms with Crippen molar-refractivity contribution in [3.05, 3.63) is 127 Å². The highest BCUT2D eigenvalue weighted by atomic mass is 19.3. The molecule has 0 fully saturated rings. The molecule has 0 aromatic heterocycles. The minimum atomic E-state index is -3.38. The average Bonchev–Trinajstić information content (AvgIpc) is 3.44. The Bertz CT molecular complexity index is 1990. The Balaban J connectivity index is 1.09. The largest absolute Gasteiger partial charge is 0.494 e. The molecule has 0 spiro atoms. The SMILES string of the molecule is C=CC(=O)OCCCCCCOc1ccc(C(=O)Oc2ccc3c(c2)C(F)(F)c2cc(OCOc4ccc(OC(CCCCC)OC(=O)C=C)cc4)ccc2-3)cc1. The van der Waals surface area contributed by atoms with Gasteiger partial charge in [0, 0.05) is 29.7 Å². The number of alkyl halides is 2. The lowest BCUT2D eigenvalue weighted by molar-refractivity contribution is -0.158. The molecule has 4 aromatic rings. The van der Waals surface area contributed by atoms with Crippen LogP contribution in [0.2, 0.25) is 0 Å². The maximum Gasteiger partial charge on any atom is 0.343 e. The summed E-state index contributed by atoms with van der Waals surface area (Å²) in [5, 5.41) is 0. The Morgan fingerprint density at radius 1 is 0.649 bits per heavy atom. The van der Waals surface area contributed by atoms with Gasteiger partial charge in [-0.05, 0) is 116 Å². The van der Waals surface area contributed by atoms with Gasteiger partial charge in [0.05, 0.1) is 18.8 Å². The van der Waals surface area contributed by atoms with E-state index in [4.69, 9.17) is 33.2 Å². The molecule has 5 rings (SSSR count). The molecule has 1 aliphatic carbocycles. The molecule has 0 saturated heterocycles. The molecule has 0 N–H and O–H groups in total. The minimum absolute atomic E-state index is 0.0168. The van der Waals surface area contributed by atoms with Crippen molar-refractivity contribution < 1.29 is 56.3 Å². The highest BCUT2D eigenvalue weighted by Gasteiger charge is 2.45. The zero-order valence-electron chi connectivity index (χ0n) is 31.8. The minimum Gasteiger partial charge on any atom is -0.494 e. The van der Waals surface area contributed by atoms with E-state index in [2.05, 4.69) is 20.1 Å². The predicted octanol–water partition coefficient (Wildman–Crippen LogP) is 10.1. The first-order chi connectivity index (χ1) is 27.6. The number of benzene rings is 4. The second-order valence-electron chi connectivity index (χ2n) is 13.1. The summed E-state index contributed by atoms with van der Waals surface area (Å²) in [6.07, 6.45) is 8.18. The van der Waals surface area contributed by atoms with Crippen LogP contribution in [0.25, 0.3) is 11.1 Å². The van der Waals surface area contributed by atoms with Gasteiger partial charge in [-0.15, -0.1) is 0 Å². The third kappa shape index (κ3) is 11.9. The molecule has 57 heavy (non-hydrogen) atoms. The number of carbonyl (C=O) groups is 3. The quantitative estimate of drug-likeness (QED) is 0.0237. The molecule has 0 saturated carbocycles. The fraction of sp³-hybridized carbons (Fsp3) is 0.311. The maximum absolute atomic E-state index is 15.8. The van der Waals surface area contributed by atoms with Gasteiger partial charge in [0.15, 0.2) is 0 Å². The Labute approximate surface area is 330 Å². The molecule has 12 heteroatoms. The van der Waals surface area contributed by atoms with Crippen molar-refractivity contribution in [2.24, 2.45) is 0 Å². The smallest absolute Gasteiger partial charge is 0.343 e. The molecular weight excluding hydrogens is 738 g/mol. The Kier molecular flexibility index (Phi) is 15.2. The fourth-order valence-corrected chi connectivity index (χ4v) is 5.98. The molecule has 0 aliphatic heterocycles. The molecule has 1 aliphatic rings. The molecule has 0 radical (unpaired) electrons. The number of carbonyl (C=O) groups excluding carboxylic acids is 3. The summed E-state index contributed by atoms with van der Waals surface area (Å²) >= 11 is 0. The van der Waals surface area contributed by atoms with Crippen molar-refractivity contribution in [1.82, 2.24) is 0 Å². The number of rotatable bonds is 23. The van der Waals surface area contributed by atoms with Gasteiger partial charge in [0.1, 0.15) is 28.7 Å². The summed E-state index contributed by atoms with van der Waals surface area (Å²) in [6.45, 7) is 9.45. The lowest BCUT2D eigenvalue weighted by Crippen LogP contribution is -2.23. The van der Waals surface area contributed by atoms with Gasteiger partial charge in [-0.1, -0.05) is 45.1 Å². The van der Waals surface area contributed by atoms with E-state index >= 15 is 8.78 Å². The number of halogens is 2. The molecule has 1 atom stereocenters. The second kappa shape index (κ2) is 20.7. The highest BCUT2D eigenvalue weighted by molar-refractivity contribution is 5.91. The third-order valence-corrected chi connectivity index (χ3v) is 8.97. The summed E-state index contributed by atoms with van der Waals surface area (Å²) in [5.74, 6) is -3.41. The van der Waals surface area contributed by atoms with Crippen molar-refractivity contribution in [2.45, 2.75) is 70.5 Å². The number of hydrogen-bond donors (Lipinski definition) is 0. The maximum atomic E-state index is 15.8. The van der Waals surface area contributed by atoms with E-state index in [1.54, 1.807) is 60.7 Å². The zero-order chi connectivity index (χ0) is 40.6. The van der Waals surface area contributed by atoms with Gasteiger partial charge in [-0.25, -0.2) is 14.4 Å². The average molecular weight is 785 g/mol. The number of unbranched alkanes of at least 4 members (excludes halogenated alkanes) is 5. The molecule has 300 valence electrons. The van der Waals surface area contributed by atoms with E-state index < -0.39 is 30.1 Å². The van der Waals surface area contributed by atoms with E-state index in [1.807, 2.05) is 0 Å². The van der Waals surface area contributed by atoms with Crippen LogP contribution in [0.3, 0.4) is 0 Å². The first kappa shape index (κ1) is 42.0. The number of hydrogen-bond acceptors (Lipinski definition) is 10. The van der Waals surface area contributed by atoms with Crippen molar-refractivity contribution in [3.63, 3.8) is 0 Å². The number of ether oxygens (including phenoxy) is 7. The normalized spacial score (nSPS) is 12.6. The summed E-state index contributed by atoms with van der Waals surface area (Å²) in [5.41, 5.74) is 0.373. The number of esters is 3. The van der Waals surface area contributed by atoms with Gasteiger partial charge >= 0.3 is 17.9 Å². The van der Waals surface area contributed by atoms with E-state index in [0.717, 1.165) is 57.1 Å². The van der Waals surface area contributed by atoms with E-state index in [-0.39, 0.29) is 35.0 Å². The molecule has 0 amide bonds. The van der Waals surface area contributed by atoms with Crippen molar-refractivity contribution in [3.8, 4) is 39.9 Å². The van der Waals surface area contributed by atoms with E-state index in [1.165, 1.54) is 24.3 Å². The first-order valence-electron chi connectivity index (χ1n) is 18.9. The van der Waals surface area contributed by atoms with Crippen molar-refractivity contribution in [1.29, 1.82) is 0 Å². The van der Waals surface area contributed by atoms with Gasteiger partial charge < -0.3 is 33.2 Å².